The number of piperidine rings is 1. The van der Waals surface area contributed by atoms with Crippen LogP contribution in [0.3, 0.4) is 0 Å². The van der Waals surface area contributed by atoms with Crippen LogP contribution >= 0.6 is 0 Å². The first kappa shape index (κ1) is 30.2. The van der Waals surface area contributed by atoms with Gasteiger partial charge in [-0.15, -0.1) is 0 Å². The molecular formula is C38H38N6O3. The first-order valence-corrected chi connectivity index (χ1v) is 16.3. The number of nitrogens with zero attached hydrogens (tertiary/aromatic N) is 4. The second-order valence-corrected chi connectivity index (χ2v) is 12.4. The highest BCUT2D eigenvalue weighted by Crippen LogP contribution is 2.25. The van der Waals surface area contributed by atoms with Crippen molar-refractivity contribution in [3.63, 3.8) is 0 Å². The van der Waals surface area contributed by atoms with Crippen LogP contribution in [0.25, 0.3) is 21.8 Å². The van der Waals surface area contributed by atoms with Gasteiger partial charge in [0.25, 0.3) is 0 Å². The maximum atomic E-state index is 13.5. The van der Waals surface area contributed by atoms with E-state index in [1.54, 1.807) is 0 Å². The van der Waals surface area contributed by atoms with Crippen LogP contribution in [0.5, 0.6) is 0 Å². The van der Waals surface area contributed by atoms with Crippen LogP contribution in [0.4, 0.5) is 11.8 Å². The van der Waals surface area contributed by atoms with Gasteiger partial charge in [0.15, 0.2) is 0 Å². The van der Waals surface area contributed by atoms with E-state index in [0.29, 0.717) is 18.7 Å². The summed E-state index contributed by atoms with van der Waals surface area (Å²) in [4.78, 5) is 40.8. The van der Waals surface area contributed by atoms with Gasteiger partial charge in [-0.25, -0.2) is 9.78 Å². The molecule has 2 aromatic heterocycles. The molecule has 4 aromatic carbocycles. The number of aryl methyl sites for hydroxylation is 2. The third-order valence-electron chi connectivity index (χ3n) is 9.16. The molecule has 0 saturated carbocycles. The number of hydrogen-bond donors (Lipinski definition) is 3. The number of aromatic amines is 1. The number of benzene rings is 4. The second-order valence-electron chi connectivity index (χ2n) is 12.4. The Hall–Kier alpha value is -5.44. The molecule has 3 N–H and O–H groups in total. The van der Waals surface area contributed by atoms with Gasteiger partial charge in [0, 0.05) is 37.4 Å². The number of carbonyl (C=O) groups is 1. The van der Waals surface area contributed by atoms with Gasteiger partial charge in [-0.05, 0) is 66.1 Å². The molecule has 47 heavy (non-hydrogen) atoms. The average Bonchev–Trinajstić information content (AvgIpc) is 3.51. The van der Waals surface area contributed by atoms with Crippen LogP contribution in [-0.4, -0.2) is 49.7 Å². The van der Waals surface area contributed by atoms with Crippen molar-refractivity contribution < 1.29 is 9.90 Å². The minimum Gasteiger partial charge on any atom is -0.481 e. The normalized spacial score (nSPS) is 14.4. The van der Waals surface area contributed by atoms with E-state index in [4.69, 9.17) is 0 Å². The number of hydrogen-bond acceptors (Lipinski definition) is 6. The van der Waals surface area contributed by atoms with Crippen LogP contribution in [-0.2, 0) is 30.6 Å². The summed E-state index contributed by atoms with van der Waals surface area (Å²) in [5.74, 6) is -0.237. The molecule has 1 unspecified atom stereocenters. The number of rotatable bonds is 11. The summed E-state index contributed by atoms with van der Waals surface area (Å²) in [5.41, 5.74) is 4.59. The Morgan fingerprint density at radius 3 is 2.40 bits per heavy atom. The SMILES string of the molecule is O=C(O)C(Cc1ccc2ccccc2c1)Cn1cc(CCc2ccccc2)c(N2CCC(Nc3nc4ccccc4[nH]3)CC2)nc1=O. The zero-order valence-corrected chi connectivity index (χ0v) is 26.2. The van der Waals surface area contributed by atoms with Crippen molar-refractivity contribution in [1.82, 2.24) is 19.5 Å². The van der Waals surface area contributed by atoms with Crippen molar-refractivity contribution in [3.05, 3.63) is 130 Å². The quantitative estimate of drug-likeness (QED) is 0.160. The smallest absolute Gasteiger partial charge is 0.349 e. The highest BCUT2D eigenvalue weighted by atomic mass is 16.4. The number of carboxylic acids is 1. The molecule has 1 saturated heterocycles. The largest absolute Gasteiger partial charge is 0.481 e. The van der Waals surface area contributed by atoms with E-state index >= 15 is 0 Å². The molecule has 238 valence electrons. The van der Waals surface area contributed by atoms with E-state index in [0.717, 1.165) is 71.2 Å². The van der Waals surface area contributed by atoms with Gasteiger partial charge in [0.2, 0.25) is 5.95 Å². The highest BCUT2D eigenvalue weighted by molar-refractivity contribution is 5.83. The van der Waals surface area contributed by atoms with Gasteiger partial charge >= 0.3 is 11.7 Å². The standard InChI is InChI=1S/C38H38N6O3/c45-36(46)31(23-27-15-16-28-10-4-5-11-29(28)22-27)25-44-24-30(17-14-26-8-2-1-3-9-26)35(42-38(44)47)43-20-18-32(19-21-43)39-37-40-33-12-6-7-13-34(33)41-37/h1-13,15-16,22,24,31-32H,14,17-21,23,25H2,(H,45,46)(H2,39,40,41). The number of imidazole rings is 1. The molecule has 3 heterocycles. The van der Waals surface area contributed by atoms with Gasteiger partial charge in [0.05, 0.1) is 17.0 Å². The molecule has 9 heteroatoms. The Balaban J connectivity index is 1.10. The molecular weight excluding hydrogens is 588 g/mol. The van der Waals surface area contributed by atoms with Crippen LogP contribution in [0.15, 0.2) is 108 Å². The van der Waals surface area contributed by atoms with E-state index in [2.05, 4.69) is 37.3 Å². The number of anilines is 2. The van der Waals surface area contributed by atoms with Crippen LogP contribution in [0, 0.1) is 5.92 Å². The van der Waals surface area contributed by atoms with Gasteiger partial charge in [0.1, 0.15) is 5.82 Å². The average molecular weight is 627 g/mol. The monoisotopic (exact) mass is 626 g/mol. The molecule has 0 spiro atoms. The summed E-state index contributed by atoms with van der Waals surface area (Å²) in [5, 5.41) is 15.9. The van der Waals surface area contributed by atoms with Gasteiger partial charge < -0.3 is 20.3 Å². The van der Waals surface area contributed by atoms with Crippen molar-refractivity contribution in [3.8, 4) is 0 Å². The highest BCUT2D eigenvalue weighted by Gasteiger charge is 2.25. The first-order valence-electron chi connectivity index (χ1n) is 16.3. The fourth-order valence-electron chi connectivity index (χ4n) is 6.60. The van der Waals surface area contributed by atoms with Crippen molar-refractivity contribution in [1.29, 1.82) is 0 Å². The minimum absolute atomic E-state index is 0.0517. The van der Waals surface area contributed by atoms with E-state index < -0.39 is 17.6 Å². The van der Waals surface area contributed by atoms with Crippen molar-refractivity contribution in [2.75, 3.05) is 23.3 Å². The molecule has 9 nitrogen and oxygen atoms in total. The van der Waals surface area contributed by atoms with Crippen molar-refractivity contribution >= 4 is 39.5 Å². The fraction of sp³-hybridized carbons (Fsp3) is 0.263. The van der Waals surface area contributed by atoms with E-state index in [-0.39, 0.29) is 12.6 Å². The predicted octanol–water partition coefficient (Wildman–Crippen LogP) is 6.08. The summed E-state index contributed by atoms with van der Waals surface area (Å²) >= 11 is 0. The molecule has 0 bridgehead atoms. The predicted molar refractivity (Wildman–Crippen MR) is 186 cm³/mol. The number of aliphatic carboxylic acids is 1. The van der Waals surface area contributed by atoms with Crippen LogP contribution < -0.4 is 15.9 Å². The molecule has 0 aliphatic carbocycles. The lowest BCUT2D eigenvalue weighted by Gasteiger charge is -2.34. The third kappa shape index (κ3) is 7.04. The van der Waals surface area contributed by atoms with E-state index in [1.165, 1.54) is 10.1 Å². The Morgan fingerprint density at radius 1 is 0.872 bits per heavy atom. The lowest BCUT2D eigenvalue weighted by Crippen LogP contribution is -2.41. The molecule has 1 atom stereocenters. The second kappa shape index (κ2) is 13.5. The van der Waals surface area contributed by atoms with Crippen LogP contribution in [0.2, 0.25) is 0 Å². The maximum absolute atomic E-state index is 13.5. The Kier molecular flexibility index (Phi) is 8.68. The molecule has 0 amide bonds. The zero-order chi connectivity index (χ0) is 32.2. The van der Waals surface area contributed by atoms with Crippen LogP contribution in [0.1, 0.15) is 29.5 Å². The molecule has 7 rings (SSSR count). The summed E-state index contributed by atoms with van der Waals surface area (Å²) in [7, 11) is 0. The van der Waals surface area contributed by atoms with E-state index in [1.807, 2.05) is 91.1 Å². The van der Waals surface area contributed by atoms with Gasteiger partial charge in [-0.2, -0.15) is 4.98 Å². The number of aromatic nitrogens is 4. The first-order chi connectivity index (χ1) is 23.0. The molecule has 1 aliphatic heterocycles. The Morgan fingerprint density at radius 2 is 1.62 bits per heavy atom. The third-order valence-corrected chi connectivity index (χ3v) is 9.16. The minimum atomic E-state index is -0.931. The maximum Gasteiger partial charge on any atom is 0.349 e. The zero-order valence-electron chi connectivity index (χ0n) is 26.2. The molecule has 0 radical (unpaired) electrons. The summed E-state index contributed by atoms with van der Waals surface area (Å²) in [6.07, 6.45) is 5.38. The number of H-pyrrole nitrogens is 1. The lowest BCUT2D eigenvalue weighted by atomic mass is 9.97. The van der Waals surface area contributed by atoms with Crippen molar-refractivity contribution in [2.24, 2.45) is 5.92 Å². The fourth-order valence-corrected chi connectivity index (χ4v) is 6.60. The van der Waals surface area contributed by atoms with Gasteiger partial charge in [-0.1, -0.05) is 84.9 Å². The molecule has 6 aromatic rings. The van der Waals surface area contributed by atoms with Crippen molar-refractivity contribution in [2.45, 2.75) is 44.7 Å². The Bertz CT molecular complexity index is 2030. The Labute approximate surface area is 272 Å². The molecule has 1 aliphatic rings. The number of carboxylic acid groups (broad SMARTS) is 1. The molecule has 1 fully saturated rings. The van der Waals surface area contributed by atoms with E-state index in [9.17, 15) is 14.7 Å². The lowest BCUT2D eigenvalue weighted by molar-refractivity contribution is -0.142. The van der Waals surface area contributed by atoms with Gasteiger partial charge in [-0.3, -0.25) is 9.36 Å². The number of nitrogens with one attached hydrogen (secondary N) is 2. The topological polar surface area (TPSA) is 116 Å². The number of para-hydroxylation sites is 2. The summed E-state index contributed by atoms with van der Waals surface area (Å²) < 4.78 is 1.50. The summed E-state index contributed by atoms with van der Waals surface area (Å²) in [6.45, 7) is 1.54. The number of fused-ring (bicyclic) bond motifs is 2. The summed E-state index contributed by atoms with van der Waals surface area (Å²) in [6, 6.07) is 32.5.